The molecular formula is C30H37F3N6O6S2. The number of nitrogens with two attached hydrogens (primary N) is 1. The predicted molar refractivity (Wildman–Crippen MR) is 176 cm³/mol. The number of nitrogens with zero attached hydrogens (tertiary/aromatic N) is 3. The van der Waals surface area contributed by atoms with Gasteiger partial charge in [0.05, 0.1) is 34.6 Å². The number of rotatable bonds is 9. The van der Waals surface area contributed by atoms with E-state index in [0.717, 1.165) is 11.8 Å². The van der Waals surface area contributed by atoms with Crippen molar-refractivity contribution < 1.29 is 40.1 Å². The van der Waals surface area contributed by atoms with Crippen LogP contribution in [0.1, 0.15) is 33.1 Å². The molecule has 2 unspecified atom stereocenters. The number of carbonyl (C=O) groups is 2. The van der Waals surface area contributed by atoms with Gasteiger partial charge in [0, 0.05) is 18.4 Å². The molecule has 5 rings (SSSR count). The lowest BCUT2D eigenvalue weighted by molar-refractivity contribution is -0.151. The van der Waals surface area contributed by atoms with Gasteiger partial charge in [-0.2, -0.15) is 18.2 Å². The van der Waals surface area contributed by atoms with Crippen molar-refractivity contribution in [2.45, 2.75) is 55.0 Å². The van der Waals surface area contributed by atoms with E-state index in [2.05, 4.69) is 25.6 Å². The van der Waals surface area contributed by atoms with Crippen molar-refractivity contribution in [3.63, 3.8) is 0 Å². The summed E-state index contributed by atoms with van der Waals surface area (Å²) in [4.78, 5) is 29.3. The Morgan fingerprint density at radius 2 is 1.74 bits per heavy atom. The number of sulfone groups is 1. The fourth-order valence-electron chi connectivity index (χ4n) is 4.43. The first-order valence-electron chi connectivity index (χ1n) is 14.1. The van der Waals surface area contributed by atoms with E-state index in [9.17, 15) is 25.8 Å². The van der Waals surface area contributed by atoms with Gasteiger partial charge in [-0.25, -0.2) is 22.6 Å². The molecule has 0 radical (unpaired) electrons. The van der Waals surface area contributed by atoms with E-state index in [4.69, 9.17) is 19.5 Å². The Kier molecular flexibility index (Phi) is 13.7. The zero-order chi connectivity index (χ0) is 35.6. The minimum Gasteiger partial charge on any atom is -0.495 e. The van der Waals surface area contributed by atoms with Crippen molar-refractivity contribution >= 4 is 57.2 Å². The average Bonchev–Trinajstić information content (AvgIpc) is 3.87. The van der Waals surface area contributed by atoms with Crippen LogP contribution >= 0.6 is 0 Å². The Morgan fingerprint density at radius 1 is 1.09 bits per heavy atom. The van der Waals surface area contributed by atoms with Crippen LogP contribution in [0, 0.1) is 0 Å². The third kappa shape index (κ3) is 9.42. The van der Waals surface area contributed by atoms with Gasteiger partial charge in [0.1, 0.15) is 35.3 Å². The molecule has 17 heteroatoms. The van der Waals surface area contributed by atoms with Gasteiger partial charge in [-0.1, -0.05) is 32.1 Å². The van der Waals surface area contributed by atoms with Crippen LogP contribution in [-0.4, -0.2) is 78.0 Å². The number of anilines is 2. The number of halogens is 3. The summed E-state index contributed by atoms with van der Waals surface area (Å²) in [5.41, 5.74) is -0.132. The number of aromatic nitrogens is 3. The number of hydrogen-bond acceptors (Lipinski definition) is 11. The van der Waals surface area contributed by atoms with Gasteiger partial charge >= 0.3 is 6.18 Å². The number of methoxy groups -OCH3 is 1. The smallest absolute Gasteiger partial charge is 0.411 e. The number of pyridine rings is 1. The first-order chi connectivity index (χ1) is 22.3. The lowest BCUT2D eigenvalue weighted by atomic mass is 10.1. The molecule has 4 N–H and O–H groups in total. The molecule has 0 amide bonds. The number of allylic oxidation sites excluding steroid dienone is 1. The lowest BCUT2D eigenvalue weighted by Gasteiger charge is -2.22. The Balaban J connectivity index is 0.00000121. The quantitative estimate of drug-likeness (QED) is 0.285. The topological polar surface area (TPSA) is 183 Å². The van der Waals surface area contributed by atoms with Crippen molar-refractivity contribution in [1.82, 2.24) is 15.0 Å². The highest BCUT2D eigenvalue weighted by atomic mass is 32.2. The largest absolute Gasteiger partial charge is 0.495 e. The van der Waals surface area contributed by atoms with Crippen LogP contribution in [0.2, 0.25) is 0 Å². The summed E-state index contributed by atoms with van der Waals surface area (Å²) in [6.45, 7) is 8.28. The summed E-state index contributed by atoms with van der Waals surface area (Å²) in [7, 11) is -3.77. The number of alkyl halides is 3. The number of nitrogens with one attached hydrogen (secondary N) is 2. The van der Waals surface area contributed by atoms with Gasteiger partial charge in [0.2, 0.25) is 5.95 Å². The van der Waals surface area contributed by atoms with E-state index in [0.29, 0.717) is 17.7 Å². The Bertz CT molecular complexity index is 1750. The number of hydrogen-bond donors (Lipinski definition) is 3. The summed E-state index contributed by atoms with van der Waals surface area (Å²) in [6.07, 6.45) is 2.23. The van der Waals surface area contributed by atoms with Crippen LogP contribution in [0.15, 0.2) is 59.0 Å². The molecule has 3 aromatic rings. The second kappa shape index (κ2) is 16.6. The summed E-state index contributed by atoms with van der Waals surface area (Å²) in [5, 5.41) is 10.8. The Labute approximate surface area is 273 Å². The highest BCUT2D eigenvalue weighted by Gasteiger charge is 2.64. The molecule has 256 valence electrons. The van der Waals surface area contributed by atoms with E-state index in [1.54, 1.807) is 30.4 Å². The second-order valence-corrected chi connectivity index (χ2v) is 13.1. The summed E-state index contributed by atoms with van der Waals surface area (Å²) in [5.74, 6) is 0.155. The maximum absolute atomic E-state index is 13.9. The van der Waals surface area contributed by atoms with Crippen molar-refractivity contribution in [3.8, 4) is 17.0 Å². The SMILES string of the molecule is C=O.C=O.CC.COc1ccc(-c2ccc3nc(NCC4=CCC(S(N)=O)C=C4)nc(NC4(C(F)(F)F)CC4)c3n2)cc1S(C)(=O)=O. The summed E-state index contributed by atoms with van der Waals surface area (Å²) < 4.78 is 82.9. The number of fused-ring (bicyclic) bond motifs is 1. The molecule has 0 spiro atoms. The zero-order valence-corrected chi connectivity index (χ0v) is 27.9. The molecule has 0 saturated heterocycles. The molecule has 1 aromatic carbocycles. The predicted octanol–water partition coefficient (Wildman–Crippen LogP) is 4.56. The molecule has 2 heterocycles. The molecule has 1 fully saturated rings. The molecule has 2 atom stereocenters. The van der Waals surface area contributed by atoms with Crippen LogP contribution in [0.25, 0.3) is 22.3 Å². The van der Waals surface area contributed by atoms with Crippen molar-refractivity contribution in [1.29, 1.82) is 0 Å². The Hall–Kier alpha value is -4.22. The van der Waals surface area contributed by atoms with E-state index < -0.39 is 32.5 Å². The Morgan fingerprint density at radius 3 is 2.26 bits per heavy atom. The second-order valence-electron chi connectivity index (χ2n) is 9.90. The molecule has 0 aliphatic heterocycles. The van der Waals surface area contributed by atoms with Gasteiger partial charge in [-0.05, 0) is 55.2 Å². The van der Waals surface area contributed by atoms with Crippen LogP contribution in [0.4, 0.5) is 24.9 Å². The van der Waals surface area contributed by atoms with Gasteiger partial charge in [-0.15, -0.1) is 0 Å². The highest BCUT2D eigenvalue weighted by molar-refractivity contribution is 7.90. The van der Waals surface area contributed by atoms with E-state index in [-0.39, 0.29) is 58.1 Å². The lowest BCUT2D eigenvalue weighted by Crippen LogP contribution is -2.39. The maximum Gasteiger partial charge on any atom is 0.411 e. The van der Waals surface area contributed by atoms with Gasteiger partial charge < -0.3 is 25.0 Å². The van der Waals surface area contributed by atoms with Crippen molar-refractivity contribution in [2.75, 3.05) is 30.5 Å². The number of benzene rings is 1. The standard InChI is InChI=1S/C26H27F3N6O4S2.C2H6.2CH2O/c1-39-20-10-5-16(13-21(20)41(2,37)38)18-8-9-19-22(32-18)23(35-25(11-12-25)26(27,28)29)34-24(33-19)31-14-15-3-6-17(7-4-15)40(30)36;3*1-2/h3-6,8-10,13,17H,7,11-12,14,30H2,1-2H3,(H2,31,33,34,35);1-2H3;2*1H2. The first kappa shape index (κ1) is 39.0. The molecular weight excluding hydrogens is 661 g/mol. The van der Waals surface area contributed by atoms with Crippen molar-refractivity contribution in [2.24, 2.45) is 5.14 Å². The first-order valence-corrected chi connectivity index (χ1v) is 17.2. The fraction of sp³-hybridized carbons (Fsp3) is 0.367. The average molecular weight is 699 g/mol. The highest BCUT2D eigenvalue weighted by Crippen LogP contribution is 2.51. The van der Waals surface area contributed by atoms with Gasteiger partial charge in [-0.3, -0.25) is 5.14 Å². The van der Waals surface area contributed by atoms with E-state index in [1.807, 2.05) is 33.5 Å². The number of carbonyl (C=O) groups excluding carboxylic acids is 2. The van der Waals surface area contributed by atoms with Crippen LogP contribution in [0.3, 0.4) is 0 Å². The monoisotopic (exact) mass is 698 g/mol. The summed E-state index contributed by atoms with van der Waals surface area (Å²) in [6, 6.07) is 7.70. The molecule has 1 saturated carbocycles. The number of ether oxygens (including phenoxy) is 1. The normalized spacial score (nSPS) is 16.9. The molecule has 2 aliphatic carbocycles. The third-order valence-corrected chi connectivity index (χ3v) is 9.00. The maximum atomic E-state index is 13.9. The molecule has 2 aromatic heterocycles. The molecule has 0 bridgehead atoms. The van der Waals surface area contributed by atoms with Crippen LogP contribution < -0.4 is 20.5 Å². The fourth-order valence-corrected chi connectivity index (χ4v) is 5.80. The molecule has 47 heavy (non-hydrogen) atoms. The minimum atomic E-state index is -4.51. The van der Waals surface area contributed by atoms with Gasteiger partial charge in [0.15, 0.2) is 15.7 Å². The zero-order valence-electron chi connectivity index (χ0n) is 26.3. The van der Waals surface area contributed by atoms with E-state index >= 15 is 0 Å². The summed E-state index contributed by atoms with van der Waals surface area (Å²) >= 11 is 0. The van der Waals surface area contributed by atoms with Gasteiger partial charge in [0.25, 0.3) is 0 Å². The minimum absolute atomic E-state index is 0.0439. The molecule has 12 nitrogen and oxygen atoms in total. The third-order valence-electron chi connectivity index (χ3n) is 6.94. The van der Waals surface area contributed by atoms with Crippen molar-refractivity contribution in [3.05, 3.63) is 54.1 Å². The van der Waals surface area contributed by atoms with Crippen LogP contribution in [0.5, 0.6) is 5.75 Å². The van der Waals surface area contributed by atoms with E-state index in [1.165, 1.54) is 19.2 Å². The van der Waals surface area contributed by atoms with Crippen LogP contribution in [-0.2, 0) is 30.4 Å². The molecule has 2 aliphatic rings.